The molecule has 1 aliphatic heterocycles. The fourth-order valence-corrected chi connectivity index (χ4v) is 6.39. The number of nitrogens with zero attached hydrogens (tertiary/aromatic N) is 1. The van der Waals surface area contributed by atoms with Crippen molar-refractivity contribution in [2.24, 2.45) is 0 Å². The molecule has 20 heteroatoms. The lowest BCUT2D eigenvalue weighted by atomic mass is 10.1. The van der Waals surface area contributed by atoms with E-state index < -0.39 is 60.2 Å². The molecule has 190 valence electrons. The van der Waals surface area contributed by atoms with E-state index in [9.17, 15) is 33.6 Å². The van der Waals surface area contributed by atoms with Gasteiger partial charge in [-0.25, -0.2) is 13.7 Å². The van der Waals surface area contributed by atoms with Crippen molar-refractivity contribution in [1.82, 2.24) is 4.57 Å². The third-order valence-electron chi connectivity index (χ3n) is 4.40. The van der Waals surface area contributed by atoms with Crippen molar-refractivity contribution < 1.29 is 61.4 Å². The quantitative estimate of drug-likeness (QED) is 0.239. The molecule has 15 nitrogen and oxygen atoms in total. The van der Waals surface area contributed by atoms with Gasteiger partial charge in [0.2, 0.25) is 0 Å². The Kier molecular flexibility index (Phi) is 8.19. The topological polar surface area (TPSA) is 232 Å². The number of pyridine rings is 1. The summed E-state index contributed by atoms with van der Waals surface area (Å²) < 4.78 is 51.7. The number of benzene rings is 1. The second kappa shape index (κ2) is 9.98. The highest BCUT2D eigenvalue weighted by Crippen LogP contribution is 2.66. The molecule has 1 saturated heterocycles. The van der Waals surface area contributed by atoms with Crippen molar-refractivity contribution in [2.75, 3.05) is 6.61 Å². The van der Waals surface area contributed by atoms with Gasteiger partial charge in [-0.05, 0) is 23.6 Å². The van der Waals surface area contributed by atoms with Gasteiger partial charge in [0.1, 0.15) is 18.3 Å². The monoisotopic (exact) mass is 585 g/mol. The van der Waals surface area contributed by atoms with E-state index in [0.29, 0.717) is 5.39 Å². The Balaban J connectivity index is 1.75. The summed E-state index contributed by atoms with van der Waals surface area (Å²) in [5.41, 5.74) is -0.680. The van der Waals surface area contributed by atoms with Gasteiger partial charge in [-0.3, -0.25) is 13.9 Å². The minimum absolute atomic E-state index is 0.0887. The van der Waals surface area contributed by atoms with E-state index >= 15 is 0 Å². The smallest absolute Gasteiger partial charge is 0.387 e. The van der Waals surface area contributed by atoms with E-state index in [-0.39, 0.29) is 15.4 Å². The van der Waals surface area contributed by atoms with Gasteiger partial charge in [0.25, 0.3) is 5.56 Å². The van der Waals surface area contributed by atoms with Crippen LogP contribution in [0.25, 0.3) is 10.8 Å². The van der Waals surface area contributed by atoms with Gasteiger partial charge < -0.3 is 34.5 Å². The van der Waals surface area contributed by atoms with E-state index in [4.69, 9.17) is 42.6 Å². The van der Waals surface area contributed by atoms with E-state index in [1.165, 1.54) is 24.4 Å². The van der Waals surface area contributed by atoms with Crippen LogP contribution in [0.1, 0.15) is 6.23 Å². The Hall–Kier alpha value is -0.700. The number of phosphoric ester groups is 1. The van der Waals surface area contributed by atoms with Crippen LogP contribution in [0.15, 0.2) is 29.2 Å². The number of ether oxygens (including phenoxy) is 1. The Bertz CT molecular complexity index is 1300. The van der Waals surface area contributed by atoms with Gasteiger partial charge >= 0.3 is 23.5 Å². The average Bonchev–Trinajstić information content (AvgIpc) is 2.94. The highest BCUT2D eigenvalue weighted by molar-refractivity contribution is 7.66. The fourth-order valence-electron chi connectivity index (χ4n) is 3.02. The average molecular weight is 586 g/mol. The fraction of sp³-hybridized carbons (Fsp3) is 0.357. The molecule has 0 radical (unpaired) electrons. The molecule has 2 aromatic rings. The molecule has 2 unspecified atom stereocenters. The zero-order valence-corrected chi connectivity index (χ0v) is 20.5. The predicted octanol–water partition coefficient (Wildman–Crippen LogP) is 1.27. The van der Waals surface area contributed by atoms with Crippen LogP contribution in [0.4, 0.5) is 0 Å². The summed E-state index contributed by atoms with van der Waals surface area (Å²) in [6.45, 7) is -1.03. The van der Waals surface area contributed by atoms with E-state index in [1.807, 2.05) is 0 Å². The summed E-state index contributed by atoms with van der Waals surface area (Å²) in [7, 11) is -16.8. The number of hydrogen-bond donors (Lipinski definition) is 6. The largest absolute Gasteiger partial charge is 0.490 e. The van der Waals surface area contributed by atoms with Crippen LogP contribution >= 0.6 is 46.7 Å². The third-order valence-corrected chi connectivity index (χ3v) is 8.93. The molecule has 0 amide bonds. The summed E-state index contributed by atoms with van der Waals surface area (Å²) in [4.78, 5) is 48.5. The maximum atomic E-state index is 12.8. The molecule has 0 spiro atoms. The predicted molar refractivity (Wildman–Crippen MR) is 114 cm³/mol. The molecular formula is C14H16Cl2NO14P3. The van der Waals surface area contributed by atoms with Gasteiger partial charge in [0.15, 0.2) is 6.23 Å². The molecule has 6 atom stereocenters. The number of halogens is 2. The van der Waals surface area contributed by atoms with Crippen molar-refractivity contribution in [3.05, 3.63) is 44.8 Å². The zero-order chi connectivity index (χ0) is 25.6. The second-order valence-electron chi connectivity index (χ2n) is 6.81. The first kappa shape index (κ1) is 27.9. The molecule has 1 aliphatic rings. The molecule has 0 bridgehead atoms. The van der Waals surface area contributed by atoms with Gasteiger partial charge in [-0.1, -0.05) is 23.2 Å². The van der Waals surface area contributed by atoms with Crippen LogP contribution in [0, 0.1) is 0 Å². The van der Waals surface area contributed by atoms with Crippen LogP contribution < -0.4 is 5.56 Å². The molecule has 3 rings (SSSR count). The summed E-state index contributed by atoms with van der Waals surface area (Å²) >= 11 is 11.9. The SMILES string of the molecule is O=c1c2cc(Cl)c(Cl)cc2ccn1[C@@H]1O[C@H](COP(=O)(O)OP(=O)(O)OP(=O)(O)O)[C@@H](O)[C@H]1O. The minimum atomic E-state index is -5.74. The van der Waals surface area contributed by atoms with Crippen molar-refractivity contribution in [3.8, 4) is 0 Å². The Morgan fingerprint density at radius 3 is 2.21 bits per heavy atom. The normalized spacial score (nSPS) is 26.9. The van der Waals surface area contributed by atoms with Crippen LogP contribution in [0.2, 0.25) is 10.0 Å². The highest BCUT2D eigenvalue weighted by atomic mass is 35.5. The zero-order valence-electron chi connectivity index (χ0n) is 16.3. The maximum absolute atomic E-state index is 12.8. The van der Waals surface area contributed by atoms with Crippen LogP contribution in [0.5, 0.6) is 0 Å². The Morgan fingerprint density at radius 1 is 0.971 bits per heavy atom. The van der Waals surface area contributed by atoms with Crippen molar-refractivity contribution >= 4 is 57.4 Å². The number of hydrogen-bond acceptors (Lipinski definition) is 10. The lowest BCUT2D eigenvalue weighted by Gasteiger charge is -2.19. The molecule has 1 fully saturated rings. The van der Waals surface area contributed by atoms with Crippen LogP contribution in [0.3, 0.4) is 0 Å². The van der Waals surface area contributed by atoms with Crippen LogP contribution in [-0.2, 0) is 31.6 Å². The highest BCUT2D eigenvalue weighted by Gasteiger charge is 2.46. The summed E-state index contributed by atoms with van der Waals surface area (Å²) in [5.74, 6) is 0. The summed E-state index contributed by atoms with van der Waals surface area (Å²) in [6.07, 6.45) is -5.31. The number of aliphatic hydroxyl groups is 2. The van der Waals surface area contributed by atoms with Gasteiger partial charge in [0.05, 0.1) is 16.7 Å². The van der Waals surface area contributed by atoms with Gasteiger partial charge in [-0.2, -0.15) is 8.62 Å². The van der Waals surface area contributed by atoms with Gasteiger partial charge in [0, 0.05) is 11.6 Å². The lowest BCUT2D eigenvalue weighted by Crippen LogP contribution is -2.35. The molecule has 0 saturated carbocycles. The molecular weight excluding hydrogens is 570 g/mol. The number of aliphatic hydroxyl groups excluding tert-OH is 2. The van der Waals surface area contributed by atoms with Crippen molar-refractivity contribution in [1.29, 1.82) is 0 Å². The molecule has 6 N–H and O–H groups in total. The van der Waals surface area contributed by atoms with Crippen LogP contribution in [-0.4, -0.2) is 59.3 Å². The first-order chi connectivity index (χ1) is 15.5. The first-order valence-corrected chi connectivity index (χ1v) is 14.1. The van der Waals surface area contributed by atoms with Crippen molar-refractivity contribution in [3.63, 3.8) is 0 Å². The maximum Gasteiger partial charge on any atom is 0.490 e. The van der Waals surface area contributed by atoms with Crippen molar-refractivity contribution in [2.45, 2.75) is 24.5 Å². The summed E-state index contributed by atoms with van der Waals surface area (Å²) in [6, 6.07) is 4.20. The first-order valence-electron chi connectivity index (χ1n) is 8.79. The Morgan fingerprint density at radius 2 is 1.59 bits per heavy atom. The number of phosphoric acid groups is 3. The third kappa shape index (κ3) is 6.54. The van der Waals surface area contributed by atoms with Gasteiger partial charge in [-0.15, -0.1) is 0 Å². The van der Waals surface area contributed by atoms with E-state index in [0.717, 1.165) is 4.57 Å². The van der Waals surface area contributed by atoms with E-state index in [1.54, 1.807) is 0 Å². The molecule has 1 aromatic carbocycles. The lowest BCUT2D eigenvalue weighted by molar-refractivity contribution is -0.0533. The second-order valence-corrected chi connectivity index (χ2v) is 12.0. The number of aromatic nitrogens is 1. The molecule has 1 aromatic heterocycles. The standard InChI is InChI=1S/C14H16Cl2NO14P3/c15-8-3-6-1-2-17(13(20)7(6)4-9(8)16)14-12(19)11(18)10(29-14)5-28-33(24,25)31-34(26,27)30-32(21,22)23/h1-4,10-12,14,18-19H,5H2,(H,24,25)(H,26,27)(H2,21,22,23)/t10-,11-,12-,14-/m1/s1. The molecule has 2 heterocycles. The minimum Gasteiger partial charge on any atom is -0.387 e. The molecule has 34 heavy (non-hydrogen) atoms. The molecule has 0 aliphatic carbocycles. The summed E-state index contributed by atoms with van der Waals surface area (Å²) in [5, 5.41) is 21.4. The number of rotatable bonds is 8. The number of fused-ring (bicyclic) bond motifs is 1. The van der Waals surface area contributed by atoms with E-state index in [2.05, 4.69) is 13.1 Å². The Labute approximate surface area is 199 Å².